The highest BCUT2D eigenvalue weighted by Crippen LogP contribution is 2.23. The van der Waals surface area contributed by atoms with Crippen molar-refractivity contribution in [3.63, 3.8) is 0 Å². The van der Waals surface area contributed by atoms with Gasteiger partial charge in [-0.15, -0.1) is 0 Å². The van der Waals surface area contributed by atoms with Gasteiger partial charge in [0.25, 0.3) is 5.56 Å². The monoisotopic (exact) mass is 395 g/mol. The van der Waals surface area contributed by atoms with Crippen LogP contribution in [0.3, 0.4) is 0 Å². The van der Waals surface area contributed by atoms with E-state index in [1.54, 1.807) is 55.5 Å². The van der Waals surface area contributed by atoms with Crippen LogP contribution in [0.4, 0.5) is 5.69 Å². The van der Waals surface area contributed by atoms with E-state index >= 15 is 0 Å². The molecule has 1 amide bonds. The van der Waals surface area contributed by atoms with Crippen molar-refractivity contribution in [1.82, 2.24) is 9.13 Å². The Kier molecular flexibility index (Phi) is 5.82. The number of nitrogens with one attached hydrogen (secondary N) is 1. The van der Waals surface area contributed by atoms with Crippen molar-refractivity contribution in [1.29, 1.82) is 0 Å². The molecule has 3 aromatic rings. The molecule has 0 radical (unpaired) electrons. The van der Waals surface area contributed by atoms with Crippen LogP contribution in [-0.2, 0) is 11.3 Å². The van der Waals surface area contributed by atoms with E-state index in [0.717, 1.165) is 4.57 Å². The van der Waals surface area contributed by atoms with Crippen LogP contribution in [0.2, 0.25) is 0 Å². The van der Waals surface area contributed by atoms with Crippen LogP contribution in [0.1, 0.15) is 5.69 Å². The third kappa shape index (κ3) is 4.06. The molecule has 150 valence electrons. The normalized spacial score (nSPS) is 10.4. The molecule has 0 aliphatic rings. The summed E-state index contributed by atoms with van der Waals surface area (Å²) in [7, 11) is 2.98. The topological polar surface area (TPSA) is 91.6 Å². The fourth-order valence-electron chi connectivity index (χ4n) is 3.02. The number of carbonyl (C=O) groups excluding carboxylic acids is 1. The zero-order chi connectivity index (χ0) is 21.0. The average molecular weight is 395 g/mol. The van der Waals surface area contributed by atoms with Crippen molar-refractivity contribution < 1.29 is 14.3 Å². The van der Waals surface area contributed by atoms with Gasteiger partial charge in [0.15, 0.2) is 0 Å². The predicted molar refractivity (Wildman–Crippen MR) is 109 cm³/mol. The van der Waals surface area contributed by atoms with Crippen LogP contribution in [0.15, 0.2) is 64.2 Å². The summed E-state index contributed by atoms with van der Waals surface area (Å²) in [6.07, 6.45) is 0. The third-order valence-electron chi connectivity index (χ3n) is 4.38. The lowest BCUT2D eigenvalue weighted by Gasteiger charge is -2.16. The minimum Gasteiger partial charge on any atom is -0.495 e. The lowest BCUT2D eigenvalue weighted by atomic mass is 10.2. The van der Waals surface area contributed by atoms with Gasteiger partial charge >= 0.3 is 5.69 Å². The lowest BCUT2D eigenvalue weighted by Crippen LogP contribution is -2.42. The Morgan fingerprint density at radius 1 is 0.966 bits per heavy atom. The van der Waals surface area contributed by atoms with Crippen molar-refractivity contribution in [2.24, 2.45) is 0 Å². The highest BCUT2D eigenvalue weighted by Gasteiger charge is 2.16. The molecule has 0 bridgehead atoms. The molecule has 8 heteroatoms. The Hall–Kier alpha value is -3.81. The molecule has 0 atom stereocenters. The SMILES string of the molecule is COc1ccccc1NC(=O)Cn1c(=O)cc(C)n(-c2ccccc2OC)c1=O. The van der Waals surface area contributed by atoms with E-state index in [9.17, 15) is 14.4 Å². The second-order valence-corrected chi connectivity index (χ2v) is 6.25. The fourth-order valence-corrected chi connectivity index (χ4v) is 3.02. The minimum atomic E-state index is -0.630. The van der Waals surface area contributed by atoms with E-state index in [0.29, 0.717) is 28.6 Å². The number of aryl methyl sites for hydroxylation is 1. The van der Waals surface area contributed by atoms with Crippen LogP contribution in [0.5, 0.6) is 11.5 Å². The number of aromatic nitrogens is 2. The summed E-state index contributed by atoms with van der Waals surface area (Å²) in [4.78, 5) is 38.0. The molecule has 0 aliphatic carbocycles. The van der Waals surface area contributed by atoms with Gasteiger partial charge in [-0.05, 0) is 31.2 Å². The molecule has 0 unspecified atom stereocenters. The number of hydrogen-bond donors (Lipinski definition) is 1. The molecule has 0 saturated heterocycles. The first kappa shape index (κ1) is 19.9. The predicted octanol–water partition coefficient (Wildman–Crippen LogP) is 1.96. The molecule has 8 nitrogen and oxygen atoms in total. The standard InChI is InChI=1S/C21H21N3O5/c1-14-12-20(26)23(13-19(25)22-15-8-4-6-10-17(15)28-2)21(27)24(14)16-9-5-7-11-18(16)29-3/h4-12H,13H2,1-3H3,(H,22,25). The summed E-state index contributed by atoms with van der Waals surface area (Å²) >= 11 is 0. The van der Waals surface area contributed by atoms with Crippen molar-refractivity contribution >= 4 is 11.6 Å². The van der Waals surface area contributed by atoms with E-state index in [2.05, 4.69) is 5.32 Å². The maximum Gasteiger partial charge on any atom is 0.336 e. The van der Waals surface area contributed by atoms with E-state index in [1.807, 2.05) is 0 Å². The molecule has 3 rings (SSSR count). The van der Waals surface area contributed by atoms with E-state index in [1.165, 1.54) is 24.9 Å². The Morgan fingerprint density at radius 3 is 2.28 bits per heavy atom. The molecule has 29 heavy (non-hydrogen) atoms. The van der Waals surface area contributed by atoms with Crippen LogP contribution in [0.25, 0.3) is 5.69 Å². The number of carbonyl (C=O) groups is 1. The lowest BCUT2D eigenvalue weighted by molar-refractivity contribution is -0.116. The number of hydrogen-bond acceptors (Lipinski definition) is 5. The number of para-hydroxylation sites is 4. The maximum atomic E-state index is 13.1. The van der Waals surface area contributed by atoms with Gasteiger partial charge in [-0.1, -0.05) is 24.3 Å². The molecular formula is C21H21N3O5. The zero-order valence-corrected chi connectivity index (χ0v) is 16.3. The highest BCUT2D eigenvalue weighted by atomic mass is 16.5. The van der Waals surface area contributed by atoms with Crippen molar-refractivity contribution in [3.8, 4) is 17.2 Å². The van der Waals surface area contributed by atoms with E-state index < -0.39 is 23.7 Å². The number of methoxy groups -OCH3 is 2. The number of benzene rings is 2. The van der Waals surface area contributed by atoms with Gasteiger partial charge in [0.05, 0.1) is 25.6 Å². The van der Waals surface area contributed by atoms with Crippen LogP contribution >= 0.6 is 0 Å². The maximum absolute atomic E-state index is 13.1. The second kappa shape index (κ2) is 8.47. The molecule has 0 aliphatic heterocycles. The Bertz CT molecular complexity index is 1160. The zero-order valence-electron chi connectivity index (χ0n) is 16.3. The van der Waals surface area contributed by atoms with Gasteiger partial charge in [0.1, 0.15) is 18.0 Å². The van der Waals surface area contributed by atoms with Gasteiger partial charge < -0.3 is 14.8 Å². The first-order chi connectivity index (χ1) is 14.0. The average Bonchev–Trinajstić information content (AvgIpc) is 2.71. The van der Waals surface area contributed by atoms with Gasteiger partial charge in [-0.25, -0.2) is 4.79 Å². The second-order valence-electron chi connectivity index (χ2n) is 6.25. The Labute approximate surface area is 166 Å². The first-order valence-electron chi connectivity index (χ1n) is 8.86. The van der Waals surface area contributed by atoms with E-state index in [-0.39, 0.29) is 0 Å². The fraction of sp³-hybridized carbons (Fsp3) is 0.190. The van der Waals surface area contributed by atoms with Gasteiger partial charge in [0.2, 0.25) is 5.91 Å². The van der Waals surface area contributed by atoms with Crippen LogP contribution < -0.4 is 26.0 Å². The summed E-state index contributed by atoms with van der Waals surface area (Å²) in [5.74, 6) is 0.425. The molecule has 1 aromatic heterocycles. The van der Waals surface area contributed by atoms with Crippen LogP contribution in [-0.4, -0.2) is 29.3 Å². The number of rotatable bonds is 6. The molecular weight excluding hydrogens is 374 g/mol. The van der Waals surface area contributed by atoms with Crippen molar-refractivity contribution in [3.05, 3.63) is 81.1 Å². The molecule has 0 spiro atoms. The summed E-state index contributed by atoms with van der Waals surface area (Å²) in [6.45, 7) is 1.21. The summed E-state index contributed by atoms with van der Waals surface area (Å²) in [5.41, 5.74) is 0.177. The molecule has 1 N–H and O–H groups in total. The molecule has 1 heterocycles. The first-order valence-corrected chi connectivity index (χ1v) is 8.86. The largest absolute Gasteiger partial charge is 0.495 e. The number of amides is 1. The Morgan fingerprint density at radius 2 is 1.59 bits per heavy atom. The van der Waals surface area contributed by atoms with Gasteiger partial charge in [-0.3, -0.25) is 18.7 Å². The quantitative estimate of drug-likeness (QED) is 0.689. The summed E-state index contributed by atoms with van der Waals surface area (Å²) in [6, 6.07) is 15.1. The van der Waals surface area contributed by atoms with Crippen LogP contribution in [0, 0.1) is 6.92 Å². The Balaban J connectivity index is 1.99. The molecule has 2 aromatic carbocycles. The number of ether oxygens (including phenoxy) is 2. The highest BCUT2D eigenvalue weighted by molar-refractivity contribution is 5.92. The number of nitrogens with zero attached hydrogens (tertiary/aromatic N) is 2. The molecule has 0 fully saturated rings. The number of anilines is 1. The summed E-state index contributed by atoms with van der Waals surface area (Å²) in [5, 5.41) is 2.66. The van der Waals surface area contributed by atoms with Crippen molar-refractivity contribution in [2.45, 2.75) is 13.5 Å². The van der Waals surface area contributed by atoms with Crippen molar-refractivity contribution in [2.75, 3.05) is 19.5 Å². The van der Waals surface area contributed by atoms with E-state index in [4.69, 9.17) is 9.47 Å². The van der Waals surface area contributed by atoms with Gasteiger partial charge in [0, 0.05) is 11.8 Å². The molecule has 0 saturated carbocycles. The third-order valence-corrected chi connectivity index (χ3v) is 4.38. The smallest absolute Gasteiger partial charge is 0.336 e. The minimum absolute atomic E-state index is 0.436. The van der Waals surface area contributed by atoms with Gasteiger partial charge in [-0.2, -0.15) is 0 Å². The summed E-state index contributed by atoms with van der Waals surface area (Å²) < 4.78 is 12.7.